The van der Waals surface area contributed by atoms with Gasteiger partial charge in [0.2, 0.25) is 0 Å². The Kier molecular flexibility index (Phi) is 3.32. The van der Waals surface area contributed by atoms with E-state index in [2.05, 4.69) is 29.2 Å². The van der Waals surface area contributed by atoms with Gasteiger partial charge in [-0.2, -0.15) is 0 Å². The molecule has 0 unspecified atom stereocenters. The van der Waals surface area contributed by atoms with Gasteiger partial charge in [0.15, 0.2) is 0 Å². The number of carbonyl (C=O) groups is 1. The molecule has 0 radical (unpaired) electrons. The molecule has 1 aromatic heterocycles. The number of benzene rings is 1. The van der Waals surface area contributed by atoms with Crippen molar-refractivity contribution in [1.29, 1.82) is 0 Å². The third kappa shape index (κ3) is 2.34. The van der Waals surface area contributed by atoms with Crippen LogP contribution < -0.4 is 0 Å². The summed E-state index contributed by atoms with van der Waals surface area (Å²) >= 11 is 0. The van der Waals surface area contributed by atoms with Crippen LogP contribution in [-0.2, 0) is 26.6 Å². The van der Waals surface area contributed by atoms with Gasteiger partial charge in [0, 0.05) is 32.4 Å². The van der Waals surface area contributed by atoms with Crippen molar-refractivity contribution in [2.75, 3.05) is 6.54 Å². The fraction of sp³-hybridized carbons (Fsp3) is 0.312. The van der Waals surface area contributed by atoms with E-state index >= 15 is 0 Å². The molecule has 0 saturated carbocycles. The van der Waals surface area contributed by atoms with Crippen LogP contribution in [0.2, 0.25) is 0 Å². The number of nitrogens with zero attached hydrogens (tertiary/aromatic N) is 2. The fourth-order valence-corrected chi connectivity index (χ4v) is 2.88. The molecule has 0 aliphatic carbocycles. The maximum Gasteiger partial charge on any atom is 0.352 e. The zero-order valence-electron chi connectivity index (χ0n) is 11.5. The molecule has 0 atom stereocenters. The van der Waals surface area contributed by atoms with Crippen LogP contribution >= 0.6 is 0 Å². The highest BCUT2D eigenvalue weighted by molar-refractivity contribution is 5.86. The molecule has 0 saturated heterocycles. The molecule has 0 spiro atoms. The van der Waals surface area contributed by atoms with E-state index in [4.69, 9.17) is 0 Å². The van der Waals surface area contributed by atoms with E-state index in [9.17, 15) is 9.90 Å². The van der Waals surface area contributed by atoms with Crippen molar-refractivity contribution < 1.29 is 9.90 Å². The Labute approximate surface area is 118 Å². The summed E-state index contributed by atoms with van der Waals surface area (Å²) in [5.41, 5.74) is 3.99. The molecule has 0 bridgehead atoms. The topological polar surface area (TPSA) is 45.5 Å². The lowest BCUT2D eigenvalue weighted by atomic mass is 10.1. The lowest BCUT2D eigenvalue weighted by Gasteiger charge is -2.27. The molecule has 1 N–H and O–H groups in total. The first-order valence-corrected chi connectivity index (χ1v) is 6.82. The lowest BCUT2D eigenvalue weighted by Crippen LogP contribution is -2.30. The summed E-state index contributed by atoms with van der Waals surface area (Å²) in [4.78, 5) is 13.5. The van der Waals surface area contributed by atoms with Crippen LogP contribution in [0.25, 0.3) is 0 Å². The fourth-order valence-electron chi connectivity index (χ4n) is 2.88. The monoisotopic (exact) mass is 270 g/mol. The van der Waals surface area contributed by atoms with E-state index in [0.29, 0.717) is 5.69 Å². The Morgan fingerprint density at radius 3 is 2.75 bits per heavy atom. The van der Waals surface area contributed by atoms with Gasteiger partial charge in [0.1, 0.15) is 5.69 Å². The van der Waals surface area contributed by atoms with Crippen molar-refractivity contribution in [1.82, 2.24) is 9.47 Å². The Bertz CT molecular complexity index is 631. The first kappa shape index (κ1) is 12.9. The van der Waals surface area contributed by atoms with Gasteiger partial charge >= 0.3 is 5.97 Å². The number of carboxylic acid groups (broad SMARTS) is 1. The summed E-state index contributed by atoms with van der Waals surface area (Å²) in [5.74, 6) is -0.850. The van der Waals surface area contributed by atoms with Gasteiger partial charge in [-0.3, -0.25) is 4.90 Å². The Hall–Kier alpha value is -2.07. The van der Waals surface area contributed by atoms with E-state index in [1.54, 1.807) is 0 Å². The van der Waals surface area contributed by atoms with Gasteiger partial charge in [-0.05, 0) is 23.6 Å². The first-order chi connectivity index (χ1) is 9.65. The maximum atomic E-state index is 11.2. The summed E-state index contributed by atoms with van der Waals surface area (Å²) in [6.07, 6.45) is 0.920. The molecule has 2 heterocycles. The predicted molar refractivity (Wildman–Crippen MR) is 76.6 cm³/mol. The van der Waals surface area contributed by atoms with Gasteiger partial charge in [-0.15, -0.1) is 0 Å². The summed E-state index contributed by atoms with van der Waals surface area (Å²) in [6.45, 7) is 2.70. The number of aromatic nitrogens is 1. The van der Waals surface area contributed by atoms with Crippen molar-refractivity contribution in [3.05, 3.63) is 58.9 Å². The van der Waals surface area contributed by atoms with Crippen LogP contribution in [0.5, 0.6) is 0 Å². The second kappa shape index (κ2) is 5.13. The maximum absolute atomic E-state index is 11.2. The molecule has 0 fully saturated rings. The van der Waals surface area contributed by atoms with Crippen LogP contribution in [-0.4, -0.2) is 27.1 Å². The standard InChI is InChI=1S/C16H18N2O2/c1-17-14(16(19)20)9-13-7-8-18(11-15(13)17)10-12-5-3-2-4-6-12/h2-6,9H,7-8,10-11H2,1H3,(H,19,20). The number of rotatable bonds is 3. The van der Waals surface area contributed by atoms with Gasteiger partial charge in [-0.25, -0.2) is 4.79 Å². The van der Waals surface area contributed by atoms with Crippen LogP contribution in [0.1, 0.15) is 27.3 Å². The van der Waals surface area contributed by atoms with Crippen LogP contribution in [0.15, 0.2) is 36.4 Å². The summed E-state index contributed by atoms with van der Waals surface area (Å²) in [6, 6.07) is 12.2. The quantitative estimate of drug-likeness (QED) is 0.930. The number of fused-ring (bicyclic) bond motifs is 1. The van der Waals surface area contributed by atoms with E-state index in [1.807, 2.05) is 23.7 Å². The molecule has 2 aromatic rings. The van der Waals surface area contributed by atoms with Crippen LogP contribution in [0.3, 0.4) is 0 Å². The number of hydrogen-bond donors (Lipinski definition) is 1. The summed E-state index contributed by atoms with van der Waals surface area (Å²) in [7, 11) is 1.84. The molecule has 4 nitrogen and oxygen atoms in total. The van der Waals surface area contributed by atoms with Gasteiger partial charge < -0.3 is 9.67 Å². The predicted octanol–water partition coefficient (Wildman–Crippen LogP) is 2.28. The van der Waals surface area contributed by atoms with Crippen molar-refractivity contribution in [2.24, 2.45) is 7.05 Å². The summed E-state index contributed by atoms with van der Waals surface area (Å²) < 4.78 is 1.81. The minimum atomic E-state index is -0.850. The highest BCUT2D eigenvalue weighted by Crippen LogP contribution is 2.23. The number of carboxylic acids is 1. The number of hydrogen-bond acceptors (Lipinski definition) is 2. The molecular formula is C16H18N2O2. The Morgan fingerprint density at radius 1 is 1.30 bits per heavy atom. The largest absolute Gasteiger partial charge is 0.477 e. The number of aromatic carboxylic acids is 1. The van der Waals surface area contributed by atoms with E-state index in [-0.39, 0.29) is 0 Å². The van der Waals surface area contributed by atoms with E-state index < -0.39 is 5.97 Å². The summed E-state index contributed by atoms with van der Waals surface area (Å²) in [5, 5.41) is 9.18. The first-order valence-electron chi connectivity index (χ1n) is 6.82. The van der Waals surface area contributed by atoms with E-state index in [1.165, 1.54) is 11.1 Å². The van der Waals surface area contributed by atoms with E-state index in [0.717, 1.165) is 31.7 Å². The molecular weight excluding hydrogens is 252 g/mol. The molecule has 1 aromatic carbocycles. The Morgan fingerprint density at radius 2 is 2.05 bits per heavy atom. The molecule has 1 aliphatic heterocycles. The SMILES string of the molecule is Cn1c(C(=O)O)cc2c1CN(Cc1ccccc1)CC2. The van der Waals surface area contributed by atoms with Crippen molar-refractivity contribution in [3.8, 4) is 0 Å². The third-order valence-corrected chi connectivity index (χ3v) is 3.99. The molecule has 0 amide bonds. The second-order valence-electron chi connectivity index (χ2n) is 5.31. The zero-order valence-corrected chi connectivity index (χ0v) is 11.5. The average molecular weight is 270 g/mol. The molecule has 1 aliphatic rings. The van der Waals surface area contributed by atoms with Gasteiger partial charge in [0.05, 0.1) is 0 Å². The van der Waals surface area contributed by atoms with Crippen molar-refractivity contribution in [3.63, 3.8) is 0 Å². The van der Waals surface area contributed by atoms with Gasteiger partial charge in [-0.1, -0.05) is 30.3 Å². The van der Waals surface area contributed by atoms with Crippen LogP contribution in [0.4, 0.5) is 0 Å². The van der Waals surface area contributed by atoms with Crippen LogP contribution in [0, 0.1) is 0 Å². The lowest BCUT2D eigenvalue weighted by molar-refractivity contribution is 0.0686. The average Bonchev–Trinajstić information content (AvgIpc) is 2.77. The minimum Gasteiger partial charge on any atom is -0.477 e. The van der Waals surface area contributed by atoms with Crippen molar-refractivity contribution >= 4 is 5.97 Å². The smallest absolute Gasteiger partial charge is 0.352 e. The third-order valence-electron chi connectivity index (χ3n) is 3.99. The highest BCUT2D eigenvalue weighted by Gasteiger charge is 2.23. The second-order valence-corrected chi connectivity index (χ2v) is 5.31. The Balaban J connectivity index is 1.80. The molecule has 4 heteroatoms. The molecule has 20 heavy (non-hydrogen) atoms. The molecule has 3 rings (SSSR count). The normalized spacial score (nSPS) is 15.1. The zero-order chi connectivity index (χ0) is 14.1. The highest BCUT2D eigenvalue weighted by atomic mass is 16.4. The minimum absolute atomic E-state index is 0.386. The molecule has 104 valence electrons. The van der Waals surface area contributed by atoms with Crippen molar-refractivity contribution in [2.45, 2.75) is 19.5 Å². The van der Waals surface area contributed by atoms with Gasteiger partial charge in [0.25, 0.3) is 0 Å².